The highest BCUT2D eigenvalue weighted by Gasteiger charge is 2.58. The second-order valence-corrected chi connectivity index (χ2v) is 10.3. The molecule has 0 atom stereocenters. The van der Waals surface area contributed by atoms with E-state index in [0.717, 1.165) is 0 Å². The lowest BCUT2D eigenvalue weighted by molar-refractivity contribution is -0.485. The Hall–Kier alpha value is -0.0851. The summed E-state index contributed by atoms with van der Waals surface area (Å²) in [7, 11) is 0. The molecule has 0 unspecified atom stereocenters. The SMILES string of the molecule is CC(C)N(C1=[N+](C2CCCCC2)[B-](Cl)(Cl)N1C1CCCCC1)C(C)C. The van der Waals surface area contributed by atoms with Gasteiger partial charge in [-0.05, 0) is 53.4 Å². The molecule has 0 aromatic heterocycles. The van der Waals surface area contributed by atoms with Crippen molar-refractivity contribution in [2.45, 2.75) is 116 Å². The Morgan fingerprint density at radius 1 is 0.880 bits per heavy atom. The summed E-state index contributed by atoms with van der Waals surface area (Å²) in [5.41, 5.74) is 0. The minimum absolute atomic E-state index is 0.451. The fraction of sp³-hybridized carbons (Fsp3) is 0.947. The summed E-state index contributed by atoms with van der Waals surface area (Å²) < 4.78 is 2.43. The molecule has 2 fully saturated rings. The molecule has 1 heterocycles. The van der Waals surface area contributed by atoms with Crippen LogP contribution in [0.4, 0.5) is 0 Å². The fourth-order valence-corrected chi connectivity index (χ4v) is 6.35. The summed E-state index contributed by atoms with van der Waals surface area (Å²) in [4.78, 5) is 4.98. The van der Waals surface area contributed by atoms with Crippen LogP contribution in [0.25, 0.3) is 0 Å². The predicted octanol–water partition coefficient (Wildman–Crippen LogP) is 5.37. The Morgan fingerprint density at radius 2 is 1.36 bits per heavy atom. The van der Waals surface area contributed by atoms with E-state index in [-0.39, 0.29) is 0 Å². The Balaban J connectivity index is 2.00. The second kappa shape index (κ2) is 7.88. The first kappa shape index (κ1) is 19.7. The highest BCUT2D eigenvalue weighted by atomic mass is 35.5. The van der Waals surface area contributed by atoms with Crippen molar-refractivity contribution < 1.29 is 4.49 Å². The van der Waals surface area contributed by atoms with Crippen molar-refractivity contribution in [1.82, 2.24) is 9.71 Å². The summed E-state index contributed by atoms with van der Waals surface area (Å²) in [6.07, 6.45) is 12.9. The first-order chi connectivity index (χ1) is 11.9. The van der Waals surface area contributed by atoms with Gasteiger partial charge in [-0.15, -0.1) is 0 Å². The molecule has 1 aliphatic heterocycles. The molecule has 0 bridgehead atoms. The molecule has 0 radical (unpaired) electrons. The lowest BCUT2D eigenvalue weighted by Gasteiger charge is -2.60. The van der Waals surface area contributed by atoms with E-state index in [9.17, 15) is 0 Å². The van der Waals surface area contributed by atoms with Crippen molar-refractivity contribution in [3.63, 3.8) is 0 Å². The lowest BCUT2D eigenvalue weighted by atomic mass is 9.81. The first-order valence-corrected chi connectivity index (χ1v) is 11.5. The quantitative estimate of drug-likeness (QED) is 0.600. The average Bonchev–Trinajstić information content (AvgIpc) is 2.55. The zero-order valence-electron chi connectivity index (χ0n) is 16.6. The standard InChI is InChI=1S/C19H36BCl2N3/c1-15(2)23(16(3)4)19-24(17-11-7-5-8-12-17)20(21,22)25(19)18-13-9-6-10-14-18/h15-18H,5-14H2,1-4H3. The van der Waals surface area contributed by atoms with Gasteiger partial charge in [0.15, 0.2) is 0 Å². The van der Waals surface area contributed by atoms with Crippen LogP contribution in [0.5, 0.6) is 0 Å². The van der Waals surface area contributed by atoms with Crippen molar-refractivity contribution in [1.29, 1.82) is 0 Å². The lowest BCUT2D eigenvalue weighted by Crippen LogP contribution is -2.79. The molecule has 144 valence electrons. The molecule has 6 heteroatoms. The van der Waals surface area contributed by atoms with Crippen LogP contribution in [0.2, 0.25) is 0 Å². The van der Waals surface area contributed by atoms with Crippen molar-refractivity contribution in [3.05, 3.63) is 0 Å². The van der Waals surface area contributed by atoms with E-state index in [1.54, 1.807) is 0 Å². The van der Waals surface area contributed by atoms with Gasteiger partial charge in [-0.2, -0.15) is 0 Å². The van der Waals surface area contributed by atoms with E-state index in [4.69, 9.17) is 22.9 Å². The fourth-order valence-electron chi connectivity index (χ4n) is 5.37. The summed E-state index contributed by atoms with van der Waals surface area (Å²) in [6.45, 7) is 9.17. The molecule has 0 N–H and O–H groups in total. The third kappa shape index (κ3) is 3.67. The monoisotopic (exact) mass is 387 g/mol. The molecule has 0 spiro atoms. The van der Waals surface area contributed by atoms with Gasteiger partial charge in [-0.3, -0.25) is 27.8 Å². The third-order valence-corrected chi connectivity index (χ3v) is 7.25. The van der Waals surface area contributed by atoms with Gasteiger partial charge in [-0.25, -0.2) is 0 Å². The Kier molecular flexibility index (Phi) is 6.20. The molecule has 3 aliphatic rings. The molecule has 0 saturated heterocycles. The summed E-state index contributed by atoms with van der Waals surface area (Å²) in [5.74, 6) is 1.33. The maximum Gasteiger partial charge on any atom is 0.491 e. The molecule has 2 aliphatic carbocycles. The van der Waals surface area contributed by atoms with E-state index in [0.29, 0.717) is 24.2 Å². The van der Waals surface area contributed by atoms with Crippen LogP contribution in [0.3, 0.4) is 0 Å². The van der Waals surface area contributed by atoms with Crippen LogP contribution in [0, 0.1) is 0 Å². The van der Waals surface area contributed by atoms with Gasteiger partial charge in [0.25, 0.3) is 5.96 Å². The summed E-state index contributed by atoms with van der Waals surface area (Å²) >= 11 is 14.2. The van der Waals surface area contributed by atoms with E-state index < -0.39 is 5.25 Å². The van der Waals surface area contributed by atoms with Gasteiger partial charge in [-0.1, -0.05) is 38.5 Å². The molecule has 2 saturated carbocycles. The highest BCUT2D eigenvalue weighted by Crippen LogP contribution is 2.42. The molecule has 0 aromatic rings. The number of hydrogen-bond donors (Lipinski definition) is 0. The maximum absolute atomic E-state index is 7.08. The number of rotatable bonds is 4. The minimum Gasteiger partial charge on any atom is -0.392 e. The molecular weight excluding hydrogens is 352 g/mol. The number of hydrogen-bond acceptors (Lipinski definition) is 2. The second-order valence-electron chi connectivity index (χ2n) is 8.88. The normalized spacial score (nSPS) is 25.7. The number of halogens is 2. The van der Waals surface area contributed by atoms with Gasteiger partial charge < -0.3 is 9.30 Å². The van der Waals surface area contributed by atoms with Gasteiger partial charge in [0.1, 0.15) is 0 Å². The van der Waals surface area contributed by atoms with Crippen LogP contribution in [-0.2, 0) is 0 Å². The molecule has 3 rings (SSSR count). The number of guanidine groups is 1. The van der Waals surface area contributed by atoms with Crippen LogP contribution in [0.15, 0.2) is 0 Å². The van der Waals surface area contributed by atoms with Crippen molar-refractivity contribution in [2.75, 3.05) is 0 Å². The van der Waals surface area contributed by atoms with Crippen molar-refractivity contribution in [3.8, 4) is 0 Å². The average molecular weight is 388 g/mol. The molecule has 0 amide bonds. The topological polar surface area (TPSA) is 9.49 Å². The highest BCUT2D eigenvalue weighted by molar-refractivity contribution is 7.41. The predicted molar refractivity (Wildman–Crippen MR) is 110 cm³/mol. The zero-order chi connectivity index (χ0) is 18.2. The molecule has 3 nitrogen and oxygen atoms in total. The van der Waals surface area contributed by atoms with Crippen LogP contribution in [0.1, 0.15) is 91.9 Å². The molecule has 0 aromatic carbocycles. The Labute approximate surface area is 164 Å². The van der Waals surface area contributed by atoms with Gasteiger partial charge in [0, 0.05) is 12.1 Å². The zero-order valence-corrected chi connectivity index (χ0v) is 18.1. The summed E-state index contributed by atoms with van der Waals surface area (Å²) in [5, 5.41) is -1.64. The largest absolute Gasteiger partial charge is 0.491 e. The van der Waals surface area contributed by atoms with Crippen molar-refractivity contribution >= 4 is 34.1 Å². The van der Waals surface area contributed by atoms with Gasteiger partial charge >= 0.3 is 5.25 Å². The smallest absolute Gasteiger partial charge is 0.392 e. The molecule has 25 heavy (non-hydrogen) atoms. The van der Waals surface area contributed by atoms with E-state index >= 15 is 0 Å². The van der Waals surface area contributed by atoms with Crippen LogP contribution in [-0.4, -0.2) is 49.6 Å². The maximum atomic E-state index is 7.08. The molecular formula is C19H36BCl2N3. The van der Waals surface area contributed by atoms with Gasteiger partial charge in [0.05, 0.1) is 12.1 Å². The van der Waals surface area contributed by atoms with E-state index in [1.807, 2.05) is 0 Å². The van der Waals surface area contributed by atoms with Gasteiger partial charge in [0.2, 0.25) is 0 Å². The van der Waals surface area contributed by atoms with Crippen LogP contribution >= 0.6 is 22.9 Å². The van der Waals surface area contributed by atoms with Crippen LogP contribution < -0.4 is 0 Å². The minimum atomic E-state index is -1.64. The summed E-state index contributed by atoms with van der Waals surface area (Å²) in [6, 6.07) is 1.93. The Bertz CT molecular complexity index is 487. The third-order valence-electron chi connectivity index (χ3n) is 6.41. The van der Waals surface area contributed by atoms with Crippen molar-refractivity contribution in [2.24, 2.45) is 0 Å². The first-order valence-electron chi connectivity index (χ1n) is 10.6. The van der Waals surface area contributed by atoms with E-state index in [1.165, 1.54) is 70.2 Å². The van der Waals surface area contributed by atoms with E-state index in [2.05, 4.69) is 41.9 Å². The Morgan fingerprint density at radius 3 is 1.84 bits per heavy atom. The number of nitrogens with zero attached hydrogens (tertiary/aromatic N) is 3.